The van der Waals surface area contributed by atoms with Crippen LogP contribution in [0.2, 0.25) is 0 Å². The molecule has 0 bridgehead atoms. The van der Waals surface area contributed by atoms with Crippen molar-refractivity contribution in [2.24, 2.45) is 5.92 Å². The Morgan fingerprint density at radius 1 is 0.875 bits per heavy atom. The zero-order valence-electron chi connectivity index (χ0n) is 17.4. The molecule has 11 heteroatoms. The van der Waals surface area contributed by atoms with E-state index in [2.05, 4.69) is 10.6 Å². The van der Waals surface area contributed by atoms with Crippen LogP contribution in [-0.4, -0.2) is 38.6 Å². The van der Waals surface area contributed by atoms with Crippen LogP contribution < -0.4 is 20.3 Å². The van der Waals surface area contributed by atoms with Crippen LogP contribution in [0.25, 0.3) is 0 Å². The van der Waals surface area contributed by atoms with Crippen LogP contribution in [0.5, 0.6) is 0 Å². The number of hydrogen-bond acceptors (Lipinski definition) is 6. The molecule has 1 heterocycles. The summed E-state index contributed by atoms with van der Waals surface area (Å²) < 4.78 is 25.8. The highest BCUT2D eigenvalue weighted by Crippen LogP contribution is 2.27. The predicted octanol–water partition coefficient (Wildman–Crippen LogP) is 1.46. The summed E-state index contributed by atoms with van der Waals surface area (Å²) >= 11 is 0. The van der Waals surface area contributed by atoms with Crippen LogP contribution >= 0.6 is 0 Å². The van der Waals surface area contributed by atoms with Crippen molar-refractivity contribution in [2.75, 3.05) is 22.1 Å². The fourth-order valence-electron chi connectivity index (χ4n) is 3.27. The van der Waals surface area contributed by atoms with Crippen molar-refractivity contribution in [3.05, 3.63) is 48.5 Å². The van der Waals surface area contributed by atoms with Crippen molar-refractivity contribution in [3.63, 3.8) is 0 Å². The Morgan fingerprint density at radius 3 is 2.00 bits per heavy atom. The summed E-state index contributed by atoms with van der Waals surface area (Å²) in [5.74, 6) is -2.06. The number of anilines is 3. The fourth-order valence-corrected chi connectivity index (χ4v) is 4.26. The van der Waals surface area contributed by atoms with Crippen LogP contribution in [0.1, 0.15) is 20.3 Å². The van der Waals surface area contributed by atoms with E-state index in [0.29, 0.717) is 17.1 Å². The summed E-state index contributed by atoms with van der Waals surface area (Å²) in [4.78, 5) is 48.6. The molecule has 0 radical (unpaired) electrons. The molecule has 1 aliphatic heterocycles. The van der Waals surface area contributed by atoms with Gasteiger partial charge in [-0.1, -0.05) is 0 Å². The summed E-state index contributed by atoms with van der Waals surface area (Å²) in [5.41, 5.74) is 1.58. The fraction of sp³-hybridized carbons (Fsp3) is 0.238. The van der Waals surface area contributed by atoms with Gasteiger partial charge in [-0.25, -0.2) is 13.1 Å². The van der Waals surface area contributed by atoms with Gasteiger partial charge >= 0.3 is 0 Å². The van der Waals surface area contributed by atoms with E-state index in [1.165, 1.54) is 36.1 Å². The van der Waals surface area contributed by atoms with Gasteiger partial charge in [0.15, 0.2) is 0 Å². The van der Waals surface area contributed by atoms with Crippen molar-refractivity contribution in [1.82, 2.24) is 4.72 Å². The molecule has 32 heavy (non-hydrogen) atoms. The topological polar surface area (TPSA) is 142 Å². The van der Waals surface area contributed by atoms with Crippen LogP contribution in [0.4, 0.5) is 17.1 Å². The molecular formula is C21H22N4O6S. The van der Waals surface area contributed by atoms with Gasteiger partial charge in [0.25, 0.3) is 10.0 Å². The Kier molecular flexibility index (Phi) is 6.58. The number of benzene rings is 2. The van der Waals surface area contributed by atoms with Crippen LogP contribution in [0.3, 0.4) is 0 Å². The molecular weight excluding hydrogens is 436 g/mol. The molecule has 2 aromatic rings. The van der Waals surface area contributed by atoms with E-state index in [0.717, 1.165) is 6.92 Å². The molecule has 3 N–H and O–H groups in total. The van der Waals surface area contributed by atoms with Crippen molar-refractivity contribution in [2.45, 2.75) is 25.2 Å². The van der Waals surface area contributed by atoms with Gasteiger partial charge < -0.3 is 15.5 Å². The molecule has 0 aromatic heterocycles. The van der Waals surface area contributed by atoms with Gasteiger partial charge in [-0.15, -0.1) is 0 Å². The quantitative estimate of drug-likeness (QED) is 0.598. The first-order valence-corrected chi connectivity index (χ1v) is 11.2. The van der Waals surface area contributed by atoms with Gasteiger partial charge in [0, 0.05) is 43.9 Å². The minimum absolute atomic E-state index is 0.0360. The number of carbonyl (C=O) groups excluding carboxylic acids is 4. The van der Waals surface area contributed by atoms with Gasteiger partial charge in [-0.05, 0) is 48.5 Å². The van der Waals surface area contributed by atoms with Gasteiger partial charge in [-0.2, -0.15) is 0 Å². The van der Waals surface area contributed by atoms with Crippen LogP contribution in [-0.2, 0) is 29.2 Å². The molecule has 1 aliphatic rings. The first-order valence-electron chi connectivity index (χ1n) is 9.67. The van der Waals surface area contributed by atoms with Crippen LogP contribution in [0.15, 0.2) is 53.4 Å². The van der Waals surface area contributed by atoms with E-state index in [4.69, 9.17) is 0 Å². The molecule has 168 valence electrons. The van der Waals surface area contributed by atoms with E-state index in [1.54, 1.807) is 24.3 Å². The maximum absolute atomic E-state index is 12.6. The molecule has 0 aliphatic carbocycles. The molecule has 0 saturated carbocycles. The standard InChI is InChI=1S/C21H22N4O6S/c1-13(26)22-16-3-7-18(8-4-16)25-12-15(11-20(25)28)21(29)23-17-5-9-19(10-6-17)32(30,31)24-14(2)27/h3-10,15H,11-12H2,1-2H3,(H,22,26)(H,23,29)(H,24,27). The molecule has 3 rings (SSSR count). The highest BCUT2D eigenvalue weighted by Gasteiger charge is 2.35. The number of sulfonamides is 1. The lowest BCUT2D eigenvalue weighted by atomic mass is 10.1. The average molecular weight is 458 g/mol. The van der Waals surface area contributed by atoms with Gasteiger partial charge in [0.1, 0.15) is 0 Å². The third-order valence-corrected chi connectivity index (χ3v) is 6.15. The van der Waals surface area contributed by atoms with Gasteiger partial charge in [0.05, 0.1) is 10.8 Å². The summed E-state index contributed by atoms with van der Waals surface area (Å²) in [6, 6.07) is 12.1. The van der Waals surface area contributed by atoms with E-state index >= 15 is 0 Å². The molecule has 1 unspecified atom stereocenters. The van der Waals surface area contributed by atoms with Crippen molar-refractivity contribution >= 4 is 50.7 Å². The maximum Gasteiger partial charge on any atom is 0.264 e. The lowest BCUT2D eigenvalue weighted by Gasteiger charge is -2.17. The number of nitrogens with zero attached hydrogens (tertiary/aromatic N) is 1. The second-order valence-electron chi connectivity index (χ2n) is 7.31. The second kappa shape index (κ2) is 9.18. The van der Waals surface area contributed by atoms with E-state index < -0.39 is 21.8 Å². The Balaban J connectivity index is 1.63. The zero-order chi connectivity index (χ0) is 23.5. The van der Waals surface area contributed by atoms with E-state index in [1.807, 2.05) is 4.72 Å². The maximum atomic E-state index is 12.6. The van der Waals surface area contributed by atoms with Crippen LogP contribution in [0, 0.1) is 5.92 Å². The molecule has 10 nitrogen and oxygen atoms in total. The largest absolute Gasteiger partial charge is 0.326 e. The third kappa shape index (κ3) is 5.49. The second-order valence-corrected chi connectivity index (χ2v) is 8.99. The SMILES string of the molecule is CC(=O)Nc1ccc(N2CC(C(=O)Nc3ccc(S(=O)(=O)NC(C)=O)cc3)CC2=O)cc1. The number of hydrogen-bond donors (Lipinski definition) is 3. The van der Waals surface area contributed by atoms with Crippen molar-refractivity contribution < 1.29 is 27.6 Å². The summed E-state index contributed by atoms with van der Waals surface area (Å²) in [6.07, 6.45) is 0.0360. The number of carbonyl (C=O) groups is 4. The normalized spacial score (nSPS) is 15.9. The average Bonchev–Trinajstić information content (AvgIpc) is 3.09. The number of nitrogens with one attached hydrogen (secondary N) is 3. The molecule has 2 aromatic carbocycles. The zero-order valence-corrected chi connectivity index (χ0v) is 18.2. The molecule has 4 amide bonds. The highest BCUT2D eigenvalue weighted by atomic mass is 32.2. The highest BCUT2D eigenvalue weighted by molar-refractivity contribution is 7.90. The lowest BCUT2D eigenvalue weighted by molar-refractivity contribution is -0.122. The minimum atomic E-state index is -3.96. The minimum Gasteiger partial charge on any atom is -0.326 e. The molecule has 1 fully saturated rings. The predicted molar refractivity (Wildman–Crippen MR) is 117 cm³/mol. The Morgan fingerprint density at radius 2 is 1.44 bits per heavy atom. The monoisotopic (exact) mass is 458 g/mol. The summed E-state index contributed by atoms with van der Waals surface area (Å²) in [6.45, 7) is 2.69. The molecule has 1 saturated heterocycles. The summed E-state index contributed by atoms with van der Waals surface area (Å²) in [5, 5.41) is 5.32. The van der Waals surface area contributed by atoms with E-state index in [-0.39, 0.29) is 35.6 Å². The Hall–Kier alpha value is -3.73. The smallest absolute Gasteiger partial charge is 0.264 e. The lowest BCUT2D eigenvalue weighted by Crippen LogP contribution is -2.28. The Bertz CT molecular complexity index is 1160. The van der Waals surface area contributed by atoms with Crippen molar-refractivity contribution in [1.29, 1.82) is 0 Å². The number of rotatable bonds is 6. The summed E-state index contributed by atoms with van der Waals surface area (Å²) in [7, 11) is -3.96. The first-order chi connectivity index (χ1) is 15.0. The number of amides is 4. The molecule has 1 atom stereocenters. The van der Waals surface area contributed by atoms with E-state index in [9.17, 15) is 27.6 Å². The van der Waals surface area contributed by atoms with Gasteiger partial charge in [-0.3, -0.25) is 19.2 Å². The van der Waals surface area contributed by atoms with Crippen molar-refractivity contribution in [3.8, 4) is 0 Å². The van der Waals surface area contributed by atoms with Gasteiger partial charge in [0.2, 0.25) is 23.6 Å². The molecule has 0 spiro atoms. The third-order valence-electron chi connectivity index (χ3n) is 4.71. The first kappa shape index (κ1) is 22.9. The Labute approximate surface area is 185 Å².